The molecule has 0 heterocycles. The lowest BCUT2D eigenvalue weighted by atomic mass is 10.4. The van der Waals surface area contributed by atoms with Crippen LogP contribution in [0, 0.1) is 0 Å². The van der Waals surface area contributed by atoms with Gasteiger partial charge in [-0.15, -0.1) is 11.8 Å². The average molecular weight is 224 g/mol. The van der Waals surface area contributed by atoms with Gasteiger partial charge in [0.05, 0.1) is 12.4 Å². The fraction of sp³-hybridized carbons (Fsp3) is 0.417. The van der Waals surface area contributed by atoms with Crippen LogP contribution in [-0.2, 0) is 9.53 Å². The van der Waals surface area contributed by atoms with Crippen molar-refractivity contribution in [2.75, 3.05) is 12.4 Å². The minimum atomic E-state index is -0.127. The van der Waals surface area contributed by atoms with Crippen molar-refractivity contribution in [2.24, 2.45) is 0 Å². The fourth-order valence-corrected chi connectivity index (χ4v) is 1.75. The molecule has 0 saturated heterocycles. The molecule has 0 saturated carbocycles. The van der Waals surface area contributed by atoms with Crippen molar-refractivity contribution in [1.82, 2.24) is 0 Å². The zero-order chi connectivity index (χ0) is 10.9. The molecule has 0 aliphatic heterocycles. The van der Waals surface area contributed by atoms with Crippen molar-refractivity contribution in [1.29, 1.82) is 0 Å². The quantitative estimate of drug-likeness (QED) is 0.422. The summed E-state index contributed by atoms with van der Waals surface area (Å²) in [5.74, 6) is 0.269. The normalized spacial score (nSPS) is 9.93. The van der Waals surface area contributed by atoms with E-state index in [-0.39, 0.29) is 5.97 Å². The van der Waals surface area contributed by atoms with Crippen LogP contribution in [0.25, 0.3) is 0 Å². The number of carbonyl (C=O) groups is 1. The van der Waals surface area contributed by atoms with E-state index >= 15 is 0 Å². The van der Waals surface area contributed by atoms with Crippen LogP contribution in [0.3, 0.4) is 0 Å². The predicted octanol–water partition coefficient (Wildman–Crippen LogP) is 3.12. The molecule has 0 bridgehead atoms. The highest BCUT2D eigenvalue weighted by atomic mass is 32.2. The van der Waals surface area contributed by atoms with Gasteiger partial charge in [-0.05, 0) is 18.6 Å². The molecule has 0 aliphatic rings. The molecule has 0 amide bonds. The zero-order valence-electron chi connectivity index (χ0n) is 8.94. The maximum absolute atomic E-state index is 11.2. The van der Waals surface area contributed by atoms with E-state index in [0.29, 0.717) is 12.4 Å². The smallest absolute Gasteiger partial charge is 0.316 e. The molecule has 1 aromatic rings. The van der Waals surface area contributed by atoms with Gasteiger partial charge in [0.15, 0.2) is 0 Å². The largest absolute Gasteiger partial charge is 0.465 e. The minimum Gasteiger partial charge on any atom is -0.465 e. The molecular formula is C12H16O2S. The van der Waals surface area contributed by atoms with Gasteiger partial charge in [-0.25, -0.2) is 0 Å². The van der Waals surface area contributed by atoms with Crippen molar-refractivity contribution in [3.63, 3.8) is 0 Å². The van der Waals surface area contributed by atoms with Crippen LogP contribution in [0.2, 0.25) is 0 Å². The van der Waals surface area contributed by atoms with Crippen LogP contribution in [-0.4, -0.2) is 18.3 Å². The number of esters is 1. The molecule has 0 aromatic heterocycles. The second-order valence-electron chi connectivity index (χ2n) is 3.18. The van der Waals surface area contributed by atoms with E-state index in [9.17, 15) is 4.79 Å². The van der Waals surface area contributed by atoms with Crippen LogP contribution in [0.15, 0.2) is 35.2 Å². The summed E-state index contributed by atoms with van der Waals surface area (Å²) >= 11 is 1.51. The van der Waals surface area contributed by atoms with Gasteiger partial charge in [-0.3, -0.25) is 4.79 Å². The van der Waals surface area contributed by atoms with Crippen molar-refractivity contribution in [3.05, 3.63) is 30.3 Å². The van der Waals surface area contributed by atoms with Crippen LogP contribution < -0.4 is 0 Å². The Kier molecular flexibility index (Phi) is 5.93. The molecule has 0 spiro atoms. The Labute approximate surface area is 95.0 Å². The number of ether oxygens (including phenoxy) is 1. The predicted molar refractivity (Wildman–Crippen MR) is 63.0 cm³/mol. The molecular weight excluding hydrogens is 208 g/mol. The number of hydrogen-bond donors (Lipinski definition) is 0. The molecule has 1 rings (SSSR count). The molecule has 0 fully saturated rings. The van der Waals surface area contributed by atoms with Gasteiger partial charge in [0.1, 0.15) is 0 Å². The lowest BCUT2D eigenvalue weighted by Gasteiger charge is -2.03. The van der Waals surface area contributed by atoms with E-state index in [1.165, 1.54) is 11.8 Å². The van der Waals surface area contributed by atoms with Gasteiger partial charge in [0.2, 0.25) is 0 Å². The van der Waals surface area contributed by atoms with Gasteiger partial charge in [0.25, 0.3) is 0 Å². The molecule has 0 radical (unpaired) electrons. The lowest BCUT2D eigenvalue weighted by molar-refractivity contribution is -0.140. The maximum Gasteiger partial charge on any atom is 0.316 e. The highest BCUT2D eigenvalue weighted by molar-refractivity contribution is 8.00. The lowest BCUT2D eigenvalue weighted by Crippen LogP contribution is -2.08. The summed E-state index contributed by atoms with van der Waals surface area (Å²) in [6.45, 7) is 2.62. The first-order valence-corrected chi connectivity index (χ1v) is 6.15. The Bertz CT molecular complexity index is 285. The van der Waals surface area contributed by atoms with Gasteiger partial charge in [0, 0.05) is 4.90 Å². The first-order valence-electron chi connectivity index (χ1n) is 5.16. The molecule has 1 aromatic carbocycles. The van der Waals surface area contributed by atoms with Crippen LogP contribution in [0.1, 0.15) is 19.8 Å². The molecule has 15 heavy (non-hydrogen) atoms. The van der Waals surface area contributed by atoms with Gasteiger partial charge in [-0.1, -0.05) is 31.5 Å². The van der Waals surface area contributed by atoms with Crippen LogP contribution >= 0.6 is 11.8 Å². The number of hydrogen-bond acceptors (Lipinski definition) is 3. The van der Waals surface area contributed by atoms with Crippen molar-refractivity contribution in [2.45, 2.75) is 24.7 Å². The Hall–Kier alpha value is -0.960. The highest BCUT2D eigenvalue weighted by Gasteiger charge is 2.02. The molecule has 0 atom stereocenters. The molecule has 82 valence electrons. The van der Waals surface area contributed by atoms with Crippen molar-refractivity contribution >= 4 is 17.7 Å². The minimum absolute atomic E-state index is 0.127. The van der Waals surface area contributed by atoms with Crippen molar-refractivity contribution < 1.29 is 9.53 Å². The van der Waals surface area contributed by atoms with E-state index in [1.807, 2.05) is 30.3 Å². The van der Waals surface area contributed by atoms with E-state index in [0.717, 1.165) is 17.7 Å². The van der Waals surface area contributed by atoms with Gasteiger partial charge in [-0.2, -0.15) is 0 Å². The van der Waals surface area contributed by atoms with Crippen LogP contribution in [0.5, 0.6) is 0 Å². The Morgan fingerprint density at radius 3 is 2.73 bits per heavy atom. The summed E-state index contributed by atoms with van der Waals surface area (Å²) in [5, 5.41) is 0. The Morgan fingerprint density at radius 2 is 2.07 bits per heavy atom. The third kappa shape index (κ3) is 5.47. The topological polar surface area (TPSA) is 26.3 Å². The van der Waals surface area contributed by atoms with Crippen molar-refractivity contribution in [3.8, 4) is 0 Å². The average Bonchev–Trinajstić information content (AvgIpc) is 2.28. The van der Waals surface area contributed by atoms with E-state index in [1.54, 1.807) is 0 Å². The summed E-state index contributed by atoms with van der Waals surface area (Å²) in [4.78, 5) is 12.3. The molecule has 0 N–H and O–H groups in total. The Morgan fingerprint density at radius 1 is 1.33 bits per heavy atom. The summed E-state index contributed by atoms with van der Waals surface area (Å²) in [6, 6.07) is 9.87. The SMILES string of the molecule is CCCCOC(=O)CSc1ccccc1. The number of unbranched alkanes of at least 4 members (excludes halogenated alkanes) is 1. The van der Waals surface area contributed by atoms with Gasteiger partial charge < -0.3 is 4.74 Å². The number of rotatable bonds is 6. The van der Waals surface area contributed by atoms with Crippen LogP contribution in [0.4, 0.5) is 0 Å². The number of carbonyl (C=O) groups excluding carboxylic acids is 1. The van der Waals surface area contributed by atoms with E-state index < -0.39 is 0 Å². The number of thioether (sulfide) groups is 1. The summed E-state index contributed by atoms with van der Waals surface area (Å²) in [6.07, 6.45) is 2.00. The standard InChI is InChI=1S/C12H16O2S/c1-2-3-9-14-12(13)10-15-11-7-5-4-6-8-11/h4-8H,2-3,9-10H2,1H3. The summed E-state index contributed by atoms with van der Waals surface area (Å²) in [7, 11) is 0. The molecule has 0 aliphatic carbocycles. The fourth-order valence-electron chi connectivity index (χ4n) is 1.03. The zero-order valence-corrected chi connectivity index (χ0v) is 9.76. The highest BCUT2D eigenvalue weighted by Crippen LogP contribution is 2.16. The number of benzene rings is 1. The maximum atomic E-state index is 11.2. The monoisotopic (exact) mass is 224 g/mol. The van der Waals surface area contributed by atoms with E-state index in [4.69, 9.17) is 4.74 Å². The third-order valence-electron chi connectivity index (χ3n) is 1.86. The first-order chi connectivity index (χ1) is 7.33. The van der Waals surface area contributed by atoms with Gasteiger partial charge >= 0.3 is 5.97 Å². The van der Waals surface area contributed by atoms with E-state index in [2.05, 4.69) is 6.92 Å². The second kappa shape index (κ2) is 7.35. The third-order valence-corrected chi connectivity index (χ3v) is 2.85. The second-order valence-corrected chi connectivity index (χ2v) is 4.22. The first kappa shape index (κ1) is 12.1. The molecule has 0 unspecified atom stereocenters. The molecule has 3 heteroatoms. The Balaban J connectivity index is 2.17. The summed E-state index contributed by atoms with van der Waals surface area (Å²) < 4.78 is 5.04. The summed E-state index contributed by atoms with van der Waals surface area (Å²) in [5.41, 5.74) is 0. The molecule has 2 nitrogen and oxygen atoms in total.